The fourth-order valence-corrected chi connectivity index (χ4v) is 9.28. The largest absolute Gasteiger partial charge is 0.443 e. The number of aromatic amines is 2. The van der Waals surface area contributed by atoms with E-state index >= 15 is 0 Å². The molecule has 8 amide bonds. The Morgan fingerprint density at radius 3 is 1.29 bits per heavy atom. The molecule has 2 saturated heterocycles. The molecule has 2 fully saturated rings. The number of amides is 8. The first-order valence-corrected chi connectivity index (χ1v) is 24.9. The average molecular weight is 1040 g/mol. The molecule has 6 N–H and O–H groups in total. The lowest BCUT2D eigenvalue weighted by Gasteiger charge is -2.24. The Kier molecular flexibility index (Phi) is 16.7. The number of carbonyl (C=O) groups is 8. The zero-order valence-corrected chi connectivity index (χ0v) is 43.2. The normalized spacial score (nSPS) is 16.5. The molecular formula is C56H62N10O10. The Morgan fingerprint density at radius 1 is 0.566 bits per heavy atom. The van der Waals surface area contributed by atoms with E-state index in [2.05, 4.69) is 31.2 Å². The number of nitrogens with one attached hydrogen (secondary N) is 6. The molecule has 2 aromatic heterocycles. The molecule has 0 radical (unpaired) electrons. The number of benzene rings is 4. The lowest BCUT2D eigenvalue weighted by atomic mass is 10.0. The number of ether oxygens (including phenoxy) is 2. The Balaban J connectivity index is 0.828. The Bertz CT molecular complexity index is 2990. The number of carbonyl (C=O) groups excluding carboxylic acids is 8. The molecule has 396 valence electrons. The first kappa shape index (κ1) is 53.7. The summed E-state index contributed by atoms with van der Waals surface area (Å²) >= 11 is 0. The second-order valence-electron chi connectivity index (χ2n) is 19.5. The molecule has 76 heavy (non-hydrogen) atoms. The van der Waals surface area contributed by atoms with Crippen molar-refractivity contribution in [2.45, 2.75) is 76.9 Å². The molecule has 0 bridgehead atoms. The summed E-state index contributed by atoms with van der Waals surface area (Å²) in [6.07, 6.45) is 6.32. The van der Waals surface area contributed by atoms with Crippen LogP contribution < -0.4 is 21.3 Å². The SMILES string of the molecule is CC(=O)Nc1ccc(CCN2C(=O)NC(Cc3ccc4[nH]cc(CC(OC(=O)/C=C\C(=O)OC(Cc5c[nH]c6ccc(CC7NC(=O)N(CCc8ccc(NC(C)=O)cc8)C7=O)cc56)N(C)C)N(C)C)c4c3)C2=O)cc1. The van der Waals surface area contributed by atoms with Crippen LogP contribution in [0.4, 0.5) is 21.0 Å². The molecule has 4 atom stereocenters. The zero-order chi connectivity index (χ0) is 54.2. The van der Waals surface area contributed by atoms with E-state index in [0.29, 0.717) is 24.2 Å². The molecule has 2 aliphatic rings. The smallest absolute Gasteiger partial charge is 0.332 e. The predicted molar refractivity (Wildman–Crippen MR) is 285 cm³/mol. The van der Waals surface area contributed by atoms with Gasteiger partial charge in [0.1, 0.15) is 12.1 Å². The molecule has 2 aliphatic heterocycles. The van der Waals surface area contributed by atoms with Crippen molar-refractivity contribution in [2.24, 2.45) is 0 Å². The molecule has 4 unspecified atom stereocenters. The van der Waals surface area contributed by atoms with Gasteiger partial charge in [0.15, 0.2) is 12.5 Å². The lowest BCUT2D eigenvalue weighted by Crippen LogP contribution is -2.35. The second-order valence-corrected chi connectivity index (χ2v) is 19.5. The monoisotopic (exact) mass is 1030 g/mol. The van der Waals surface area contributed by atoms with Crippen molar-refractivity contribution in [3.8, 4) is 0 Å². The summed E-state index contributed by atoms with van der Waals surface area (Å²) in [7, 11) is 7.09. The van der Waals surface area contributed by atoms with Crippen LogP contribution in [0.1, 0.15) is 47.2 Å². The van der Waals surface area contributed by atoms with E-state index in [1.165, 1.54) is 23.6 Å². The van der Waals surface area contributed by atoms with Gasteiger partial charge in [0.05, 0.1) is 0 Å². The van der Waals surface area contributed by atoms with Gasteiger partial charge in [-0.2, -0.15) is 0 Å². The number of hydrogen-bond acceptors (Lipinski definition) is 12. The van der Waals surface area contributed by atoms with Crippen LogP contribution in [-0.4, -0.2) is 143 Å². The summed E-state index contributed by atoms with van der Waals surface area (Å²) in [5.41, 5.74) is 8.16. The standard InChI is InChI=1S/C56H62N10O10/c1-33(67)59-41-13-7-35(8-14-41)21-23-65-53(71)47(61-55(65)73)27-37-11-17-45-43(25-37)39(31-57-45)29-49(63(3)4)75-51(69)19-20-52(70)76-50(64(5)6)30-40-32-58-46-18-12-38(26-44(40)46)28-48-54(72)66(56(74)62-48)24-22-36-9-15-42(16-10-36)60-34(2)68/h7-20,25-26,31-32,47-50,57-58H,21-24,27-30H2,1-6H3,(H,59,67)(H,60,68)(H,61,73)(H,62,74)/b20-19-. The number of rotatable bonds is 22. The van der Waals surface area contributed by atoms with Crippen LogP contribution >= 0.6 is 0 Å². The van der Waals surface area contributed by atoms with Crippen molar-refractivity contribution < 1.29 is 47.8 Å². The first-order valence-electron chi connectivity index (χ1n) is 24.9. The summed E-state index contributed by atoms with van der Waals surface area (Å²) < 4.78 is 11.7. The van der Waals surface area contributed by atoms with Crippen molar-refractivity contribution >= 4 is 80.8 Å². The van der Waals surface area contributed by atoms with Crippen LogP contribution in [0.15, 0.2) is 109 Å². The summed E-state index contributed by atoms with van der Waals surface area (Å²) in [6.45, 7) is 3.27. The van der Waals surface area contributed by atoms with Gasteiger partial charge >= 0.3 is 24.0 Å². The summed E-state index contributed by atoms with van der Waals surface area (Å²) in [4.78, 5) is 114. The number of H-pyrrole nitrogens is 2. The minimum absolute atomic E-state index is 0.174. The van der Waals surface area contributed by atoms with Crippen molar-refractivity contribution in [1.29, 1.82) is 0 Å². The minimum Gasteiger partial charge on any atom is -0.443 e. The third-order valence-electron chi connectivity index (χ3n) is 13.4. The van der Waals surface area contributed by atoms with Gasteiger partial charge in [0.2, 0.25) is 11.8 Å². The molecule has 0 spiro atoms. The number of likely N-dealkylation sites (N-methyl/N-ethyl adjacent to an activating group) is 2. The number of fused-ring (bicyclic) bond motifs is 2. The van der Waals surface area contributed by atoms with Gasteiger partial charge < -0.3 is 40.7 Å². The van der Waals surface area contributed by atoms with Crippen LogP contribution in [0.25, 0.3) is 21.8 Å². The van der Waals surface area contributed by atoms with E-state index in [4.69, 9.17) is 9.47 Å². The molecular weight excluding hydrogens is 973 g/mol. The van der Waals surface area contributed by atoms with E-state index in [0.717, 1.165) is 67.3 Å². The summed E-state index contributed by atoms with van der Waals surface area (Å²) in [5.74, 6) is -2.48. The van der Waals surface area contributed by atoms with Gasteiger partial charge in [-0.3, -0.25) is 38.8 Å². The van der Waals surface area contributed by atoms with E-state index in [-0.39, 0.29) is 62.4 Å². The fraction of sp³-hybridized carbons (Fsp3) is 0.321. The highest BCUT2D eigenvalue weighted by Crippen LogP contribution is 2.27. The highest BCUT2D eigenvalue weighted by atomic mass is 16.6. The zero-order valence-electron chi connectivity index (χ0n) is 43.2. The first-order chi connectivity index (χ1) is 36.4. The quantitative estimate of drug-likeness (QED) is 0.0223. The maximum atomic E-state index is 13.4. The number of imide groups is 2. The number of nitrogens with zero attached hydrogens (tertiary/aromatic N) is 4. The van der Waals surface area contributed by atoms with Crippen molar-refractivity contribution in [3.63, 3.8) is 0 Å². The van der Waals surface area contributed by atoms with Gasteiger partial charge in [-0.05, 0) is 123 Å². The minimum atomic E-state index is -0.752. The molecule has 20 heteroatoms. The number of anilines is 2. The topological polar surface area (TPSA) is 248 Å². The van der Waals surface area contributed by atoms with Crippen LogP contribution in [-0.2, 0) is 76.8 Å². The Morgan fingerprint density at radius 2 is 0.934 bits per heavy atom. The van der Waals surface area contributed by atoms with Crippen molar-refractivity contribution in [1.82, 2.24) is 40.2 Å². The van der Waals surface area contributed by atoms with Crippen molar-refractivity contribution in [2.75, 3.05) is 51.9 Å². The highest BCUT2D eigenvalue weighted by molar-refractivity contribution is 6.05. The Labute approximate surface area is 439 Å². The molecule has 4 heterocycles. The molecule has 6 aromatic rings. The van der Waals surface area contributed by atoms with E-state index in [9.17, 15) is 38.4 Å². The summed E-state index contributed by atoms with van der Waals surface area (Å²) in [6, 6.07) is 23.6. The molecule has 20 nitrogen and oxygen atoms in total. The third kappa shape index (κ3) is 13.4. The maximum Gasteiger partial charge on any atom is 0.332 e. The molecule has 8 rings (SSSR count). The average Bonchev–Trinajstić information content (AvgIpc) is 4.12. The lowest BCUT2D eigenvalue weighted by molar-refractivity contribution is -0.153. The van der Waals surface area contributed by atoms with Gasteiger partial charge in [-0.1, -0.05) is 36.4 Å². The van der Waals surface area contributed by atoms with Gasteiger partial charge in [-0.25, -0.2) is 19.2 Å². The number of aromatic nitrogens is 2. The van der Waals surface area contributed by atoms with Crippen LogP contribution in [0, 0.1) is 0 Å². The number of urea groups is 2. The molecule has 0 saturated carbocycles. The van der Waals surface area contributed by atoms with Gasteiger partial charge in [-0.15, -0.1) is 0 Å². The number of esters is 2. The molecule has 4 aromatic carbocycles. The molecule has 0 aliphatic carbocycles. The number of hydrogen-bond donors (Lipinski definition) is 6. The summed E-state index contributed by atoms with van der Waals surface area (Å²) in [5, 5.41) is 12.8. The van der Waals surface area contributed by atoms with Crippen LogP contribution in [0.5, 0.6) is 0 Å². The predicted octanol–water partition coefficient (Wildman–Crippen LogP) is 5.18. The second kappa shape index (κ2) is 23.7. The highest BCUT2D eigenvalue weighted by Gasteiger charge is 2.39. The van der Waals surface area contributed by atoms with Gasteiger partial charge in [0, 0.05) is 110 Å². The fourth-order valence-electron chi connectivity index (χ4n) is 9.28. The third-order valence-corrected chi connectivity index (χ3v) is 13.4. The Hall–Kier alpha value is -8.62. The van der Waals surface area contributed by atoms with E-state index < -0.39 is 48.5 Å². The van der Waals surface area contributed by atoms with E-state index in [1.54, 1.807) is 62.3 Å². The van der Waals surface area contributed by atoms with Crippen LogP contribution in [0.3, 0.4) is 0 Å². The van der Waals surface area contributed by atoms with Crippen LogP contribution in [0.2, 0.25) is 0 Å². The maximum absolute atomic E-state index is 13.4. The van der Waals surface area contributed by atoms with E-state index in [1.807, 2.05) is 73.1 Å². The van der Waals surface area contributed by atoms with Gasteiger partial charge in [0.25, 0.3) is 11.8 Å². The van der Waals surface area contributed by atoms with Crippen molar-refractivity contribution in [3.05, 3.63) is 143 Å².